The predicted molar refractivity (Wildman–Crippen MR) is 84.1 cm³/mol. The Morgan fingerprint density at radius 1 is 1.45 bits per heavy atom. The number of hydrogen-bond donors (Lipinski definition) is 1. The van der Waals surface area contributed by atoms with Crippen LogP contribution in [0.15, 0.2) is 22.6 Å². The van der Waals surface area contributed by atoms with E-state index in [1.54, 1.807) is 18.0 Å². The summed E-state index contributed by atoms with van der Waals surface area (Å²) in [4.78, 5) is 13.9. The molecule has 0 saturated heterocycles. The molecular weight excluding hydrogens is 299 g/mol. The fourth-order valence-electron chi connectivity index (χ4n) is 1.97. The molecule has 1 amide bonds. The van der Waals surface area contributed by atoms with Crippen molar-refractivity contribution in [3.05, 3.63) is 34.5 Å². The van der Waals surface area contributed by atoms with Crippen molar-refractivity contribution in [2.75, 3.05) is 27.2 Å². The van der Waals surface area contributed by atoms with Crippen LogP contribution in [0.1, 0.15) is 16.1 Å². The molecule has 0 aliphatic rings. The van der Waals surface area contributed by atoms with E-state index in [0.717, 1.165) is 17.5 Å². The molecule has 1 N–H and O–H groups in total. The molecule has 0 aliphatic carbocycles. The summed E-state index contributed by atoms with van der Waals surface area (Å²) in [7, 11) is 3.61. The lowest BCUT2D eigenvalue weighted by molar-refractivity contribution is 0.0767. The van der Waals surface area contributed by atoms with E-state index in [-0.39, 0.29) is 18.3 Å². The van der Waals surface area contributed by atoms with E-state index >= 15 is 0 Å². The molecule has 0 unspecified atom stereocenters. The monoisotopic (exact) mass is 316 g/mol. The van der Waals surface area contributed by atoms with Crippen LogP contribution >= 0.6 is 24.0 Å². The molecule has 1 aromatic carbocycles. The average molecular weight is 317 g/mol. The second-order valence-electron chi connectivity index (χ2n) is 4.50. The minimum absolute atomic E-state index is 0. The van der Waals surface area contributed by atoms with Gasteiger partial charge < -0.3 is 14.6 Å². The third-order valence-electron chi connectivity index (χ3n) is 3.15. The Balaban J connectivity index is 0.00000200. The number of halogens is 2. The zero-order valence-corrected chi connectivity index (χ0v) is 13.3. The van der Waals surface area contributed by atoms with Gasteiger partial charge in [0, 0.05) is 31.1 Å². The number of fused-ring (bicyclic) bond motifs is 1. The highest BCUT2D eigenvalue weighted by atomic mass is 35.5. The number of hydrogen-bond acceptors (Lipinski definition) is 3. The largest absolute Gasteiger partial charge is 0.449 e. The summed E-state index contributed by atoms with van der Waals surface area (Å²) in [6, 6.07) is 5.52. The Labute approximate surface area is 129 Å². The van der Waals surface area contributed by atoms with Gasteiger partial charge in [-0.15, -0.1) is 12.4 Å². The van der Waals surface area contributed by atoms with Gasteiger partial charge in [0.15, 0.2) is 11.3 Å². The molecule has 0 bridgehead atoms. The van der Waals surface area contributed by atoms with Gasteiger partial charge >= 0.3 is 0 Å². The summed E-state index contributed by atoms with van der Waals surface area (Å²) in [5.41, 5.74) is 1.41. The molecule has 0 atom stereocenters. The summed E-state index contributed by atoms with van der Waals surface area (Å²) in [5, 5.41) is 4.42. The first-order chi connectivity index (χ1) is 9.06. The number of nitrogens with zero attached hydrogens (tertiary/aromatic N) is 1. The quantitative estimate of drug-likeness (QED) is 0.942. The Morgan fingerprint density at radius 3 is 2.75 bits per heavy atom. The zero-order valence-electron chi connectivity index (χ0n) is 11.7. The number of carbonyl (C=O) groups excluding carboxylic acids is 1. The van der Waals surface area contributed by atoms with Crippen molar-refractivity contribution in [2.45, 2.75) is 6.92 Å². The van der Waals surface area contributed by atoms with E-state index in [9.17, 15) is 4.79 Å². The molecular formula is C14H18Cl2N2O2. The number of para-hydroxylation sites is 1. The number of aryl methyl sites for hydroxylation is 1. The van der Waals surface area contributed by atoms with Crippen molar-refractivity contribution in [2.24, 2.45) is 0 Å². The first kappa shape index (κ1) is 16.8. The molecule has 20 heavy (non-hydrogen) atoms. The number of nitrogens with one attached hydrogen (secondary N) is 1. The van der Waals surface area contributed by atoms with Crippen LogP contribution in [-0.4, -0.2) is 38.0 Å². The van der Waals surface area contributed by atoms with Crippen LogP contribution < -0.4 is 5.32 Å². The van der Waals surface area contributed by atoms with Gasteiger partial charge in [0.2, 0.25) is 0 Å². The van der Waals surface area contributed by atoms with Gasteiger partial charge in [0.05, 0.1) is 5.02 Å². The van der Waals surface area contributed by atoms with Gasteiger partial charge in [0.1, 0.15) is 0 Å². The molecule has 0 fully saturated rings. The van der Waals surface area contributed by atoms with Gasteiger partial charge in [-0.2, -0.15) is 0 Å². The molecule has 1 heterocycles. The summed E-state index contributed by atoms with van der Waals surface area (Å²) >= 11 is 6.08. The van der Waals surface area contributed by atoms with E-state index in [1.165, 1.54) is 0 Å². The number of benzene rings is 1. The second kappa shape index (κ2) is 6.97. The van der Waals surface area contributed by atoms with Gasteiger partial charge in [0.25, 0.3) is 5.91 Å². The maximum Gasteiger partial charge on any atom is 0.289 e. The highest BCUT2D eigenvalue weighted by Gasteiger charge is 2.21. The van der Waals surface area contributed by atoms with Crippen LogP contribution in [0.5, 0.6) is 0 Å². The molecule has 6 heteroatoms. The second-order valence-corrected chi connectivity index (χ2v) is 4.91. The first-order valence-corrected chi connectivity index (χ1v) is 6.51. The summed E-state index contributed by atoms with van der Waals surface area (Å²) in [5.74, 6) is 0.238. The van der Waals surface area contributed by atoms with Gasteiger partial charge in [-0.25, -0.2) is 0 Å². The van der Waals surface area contributed by atoms with Crippen molar-refractivity contribution in [1.82, 2.24) is 10.2 Å². The van der Waals surface area contributed by atoms with E-state index in [2.05, 4.69) is 5.32 Å². The molecule has 110 valence electrons. The molecule has 0 aliphatic heterocycles. The maximum absolute atomic E-state index is 12.3. The number of rotatable bonds is 4. The molecule has 0 radical (unpaired) electrons. The lowest BCUT2D eigenvalue weighted by Crippen LogP contribution is -2.32. The molecule has 4 nitrogen and oxygen atoms in total. The predicted octanol–water partition coefficient (Wildman–Crippen LogP) is 3.11. The van der Waals surface area contributed by atoms with Gasteiger partial charge in [-0.3, -0.25) is 4.79 Å². The normalized spacial score (nSPS) is 10.4. The first-order valence-electron chi connectivity index (χ1n) is 6.14. The van der Waals surface area contributed by atoms with Crippen molar-refractivity contribution < 1.29 is 9.21 Å². The van der Waals surface area contributed by atoms with Crippen LogP contribution in [0.4, 0.5) is 0 Å². The minimum atomic E-state index is -0.125. The SMILES string of the molecule is CNCCN(C)C(=O)c1oc2c(Cl)cccc2c1C.Cl. The highest BCUT2D eigenvalue weighted by molar-refractivity contribution is 6.35. The van der Waals surface area contributed by atoms with E-state index < -0.39 is 0 Å². The van der Waals surface area contributed by atoms with Crippen LogP contribution in [0, 0.1) is 6.92 Å². The number of likely N-dealkylation sites (N-methyl/N-ethyl adjacent to an activating group) is 2. The van der Waals surface area contributed by atoms with Gasteiger partial charge in [-0.1, -0.05) is 23.7 Å². The zero-order chi connectivity index (χ0) is 14.0. The van der Waals surface area contributed by atoms with E-state index in [0.29, 0.717) is 22.9 Å². The highest BCUT2D eigenvalue weighted by Crippen LogP contribution is 2.31. The van der Waals surface area contributed by atoms with Crippen molar-refractivity contribution >= 4 is 40.9 Å². The molecule has 2 aromatic rings. The summed E-state index contributed by atoms with van der Waals surface area (Å²) < 4.78 is 5.65. The molecule has 0 spiro atoms. The van der Waals surface area contributed by atoms with Crippen LogP contribution in [0.2, 0.25) is 5.02 Å². The number of carbonyl (C=O) groups is 1. The van der Waals surface area contributed by atoms with E-state index in [4.69, 9.17) is 16.0 Å². The lowest BCUT2D eigenvalue weighted by Gasteiger charge is -2.15. The third kappa shape index (κ3) is 3.08. The lowest BCUT2D eigenvalue weighted by atomic mass is 10.1. The average Bonchev–Trinajstić information content (AvgIpc) is 2.74. The molecule has 1 aromatic heterocycles. The molecule has 2 rings (SSSR count). The summed E-state index contributed by atoms with van der Waals surface area (Å²) in [6.07, 6.45) is 0. The van der Waals surface area contributed by atoms with Crippen molar-refractivity contribution in [3.8, 4) is 0 Å². The minimum Gasteiger partial charge on any atom is -0.449 e. The maximum atomic E-state index is 12.3. The smallest absolute Gasteiger partial charge is 0.289 e. The van der Waals surface area contributed by atoms with Crippen LogP contribution in [-0.2, 0) is 0 Å². The number of furan rings is 1. The standard InChI is InChI=1S/C14H17ClN2O2.ClH/c1-9-10-5-4-6-11(15)13(10)19-12(9)14(18)17(3)8-7-16-2;/h4-6,16H,7-8H2,1-3H3;1H. The third-order valence-corrected chi connectivity index (χ3v) is 3.45. The fraction of sp³-hybridized carbons (Fsp3) is 0.357. The molecule has 0 saturated carbocycles. The van der Waals surface area contributed by atoms with E-state index in [1.807, 2.05) is 26.1 Å². The Bertz CT molecular complexity index is 610. The Kier molecular flexibility index (Phi) is 5.87. The van der Waals surface area contributed by atoms with Crippen LogP contribution in [0.25, 0.3) is 11.0 Å². The Hall–Kier alpha value is -1.23. The fourth-order valence-corrected chi connectivity index (χ4v) is 2.18. The Morgan fingerprint density at radius 2 is 2.15 bits per heavy atom. The topological polar surface area (TPSA) is 45.5 Å². The van der Waals surface area contributed by atoms with Crippen molar-refractivity contribution in [3.63, 3.8) is 0 Å². The van der Waals surface area contributed by atoms with Crippen molar-refractivity contribution in [1.29, 1.82) is 0 Å². The summed E-state index contributed by atoms with van der Waals surface area (Å²) in [6.45, 7) is 3.24. The number of amides is 1. The van der Waals surface area contributed by atoms with Gasteiger partial charge in [-0.05, 0) is 20.0 Å². The van der Waals surface area contributed by atoms with Crippen LogP contribution in [0.3, 0.4) is 0 Å².